The van der Waals surface area contributed by atoms with Crippen molar-refractivity contribution in [2.75, 3.05) is 23.7 Å². The van der Waals surface area contributed by atoms with E-state index < -0.39 is 0 Å². The van der Waals surface area contributed by atoms with Gasteiger partial charge in [0.05, 0.1) is 5.75 Å². The van der Waals surface area contributed by atoms with Gasteiger partial charge < -0.3 is 10.6 Å². The van der Waals surface area contributed by atoms with Crippen LogP contribution in [-0.4, -0.2) is 30.0 Å². The molecule has 1 saturated heterocycles. The average molecular weight is 315 g/mol. The molecule has 3 nitrogen and oxygen atoms in total. The van der Waals surface area contributed by atoms with Crippen molar-refractivity contribution in [2.45, 2.75) is 12.2 Å². The third-order valence-corrected chi connectivity index (χ3v) is 4.96. The van der Waals surface area contributed by atoms with Gasteiger partial charge in [0.25, 0.3) is 0 Å². The Labute approximate surface area is 114 Å². The zero-order valence-corrected chi connectivity index (χ0v) is 12.1. The first-order valence-corrected chi connectivity index (χ1v) is 7.34. The molecular weight excluding hydrogens is 300 g/mol. The third kappa shape index (κ3) is 2.84. The number of carbonyl (C=O) groups is 1. The van der Waals surface area contributed by atoms with E-state index in [1.54, 1.807) is 11.8 Å². The average Bonchev–Trinajstić information content (AvgIpc) is 2.33. The topological polar surface area (TPSA) is 46.3 Å². The van der Waals surface area contributed by atoms with E-state index >= 15 is 0 Å². The van der Waals surface area contributed by atoms with Crippen LogP contribution in [0.2, 0.25) is 0 Å². The largest absolute Gasteiger partial charge is 0.329 e. The summed E-state index contributed by atoms with van der Waals surface area (Å²) in [6, 6.07) is 5.99. The summed E-state index contributed by atoms with van der Waals surface area (Å²) in [5, 5.41) is 0.344. The van der Waals surface area contributed by atoms with E-state index in [1.165, 1.54) is 0 Å². The van der Waals surface area contributed by atoms with Crippen LogP contribution in [0.25, 0.3) is 0 Å². The summed E-state index contributed by atoms with van der Waals surface area (Å²) in [5.41, 5.74) is 7.78. The quantitative estimate of drug-likeness (QED) is 0.910. The second-order valence-electron chi connectivity index (χ2n) is 4.11. The number of hydrogen-bond acceptors (Lipinski definition) is 3. The number of nitrogens with zero attached hydrogens (tertiary/aromatic N) is 1. The fourth-order valence-corrected chi connectivity index (χ4v) is 2.99. The van der Waals surface area contributed by atoms with Crippen molar-refractivity contribution >= 4 is 39.3 Å². The van der Waals surface area contributed by atoms with Gasteiger partial charge in [-0.1, -0.05) is 15.9 Å². The van der Waals surface area contributed by atoms with Crippen LogP contribution in [-0.2, 0) is 4.79 Å². The lowest BCUT2D eigenvalue weighted by atomic mass is 10.2. The number of thioether (sulfide) groups is 1. The molecule has 2 rings (SSSR count). The molecule has 1 atom stereocenters. The standard InChI is InChI=1S/C12H15BrN2OS/c1-8-4-9(2-3-11(8)13)15-6-10(5-14)17-7-12(15)16/h2-4,10H,5-7,14H2,1H3. The summed E-state index contributed by atoms with van der Waals surface area (Å²) in [6.45, 7) is 3.35. The summed E-state index contributed by atoms with van der Waals surface area (Å²) in [7, 11) is 0. The molecule has 1 unspecified atom stereocenters. The number of amides is 1. The number of rotatable bonds is 2. The molecule has 1 aromatic rings. The molecule has 1 aliphatic heterocycles. The van der Waals surface area contributed by atoms with Gasteiger partial charge in [0, 0.05) is 28.5 Å². The second-order valence-corrected chi connectivity index (χ2v) is 6.25. The lowest BCUT2D eigenvalue weighted by Crippen LogP contribution is -2.45. The molecule has 1 aromatic carbocycles. The van der Waals surface area contributed by atoms with Crippen molar-refractivity contribution in [1.29, 1.82) is 0 Å². The van der Waals surface area contributed by atoms with Crippen LogP contribution in [0, 0.1) is 6.92 Å². The van der Waals surface area contributed by atoms with Gasteiger partial charge in [-0.05, 0) is 30.7 Å². The minimum Gasteiger partial charge on any atom is -0.329 e. The molecule has 0 saturated carbocycles. The van der Waals surface area contributed by atoms with Crippen LogP contribution >= 0.6 is 27.7 Å². The number of hydrogen-bond donors (Lipinski definition) is 1. The van der Waals surface area contributed by atoms with E-state index in [9.17, 15) is 4.79 Å². The number of anilines is 1. The van der Waals surface area contributed by atoms with Crippen molar-refractivity contribution in [3.63, 3.8) is 0 Å². The highest BCUT2D eigenvalue weighted by Crippen LogP contribution is 2.27. The zero-order chi connectivity index (χ0) is 12.4. The van der Waals surface area contributed by atoms with E-state index in [1.807, 2.05) is 30.0 Å². The van der Waals surface area contributed by atoms with E-state index in [0.717, 1.165) is 15.7 Å². The zero-order valence-electron chi connectivity index (χ0n) is 9.65. The number of nitrogens with two attached hydrogens (primary N) is 1. The molecule has 2 N–H and O–H groups in total. The highest BCUT2D eigenvalue weighted by atomic mass is 79.9. The summed E-state index contributed by atoms with van der Waals surface area (Å²) in [6.07, 6.45) is 0. The Balaban J connectivity index is 2.24. The van der Waals surface area contributed by atoms with Crippen molar-refractivity contribution in [2.24, 2.45) is 5.73 Å². The highest BCUT2D eigenvalue weighted by Gasteiger charge is 2.26. The highest BCUT2D eigenvalue weighted by molar-refractivity contribution is 9.10. The first-order chi connectivity index (χ1) is 8.11. The molecular formula is C12H15BrN2OS. The Morgan fingerprint density at radius 1 is 1.59 bits per heavy atom. The lowest BCUT2D eigenvalue weighted by Gasteiger charge is -2.32. The van der Waals surface area contributed by atoms with Crippen molar-refractivity contribution in [3.8, 4) is 0 Å². The van der Waals surface area contributed by atoms with Gasteiger partial charge >= 0.3 is 0 Å². The molecule has 1 amide bonds. The summed E-state index contributed by atoms with van der Waals surface area (Å²) >= 11 is 5.12. The predicted molar refractivity (Wildman–Crippen MR) is 76.5 cm³/mol. The molecule has 1 heterocycles. The molecule has 1 aliphatic rings. The number of benzene rings is 1. The van der Waals surface area contributed by atoms with Gasteiger partial charge in [0.15, 0.2) is 0 Å². The SMILES string of the molecule is Cc1cc(N2CC(CN)SCC2=O)ccc1Br. The van der Waals surface area contributed by atoms with Crippen molar-refractivity contribution < 1.29 is 4.79 Å². The predicted octanol–water partition coefficient (Wildman–Crippen LogP) is 2.16. The first kappa shape index (κ1) is 12.9. The van der Waals surface area contributed by atoms with Gasteiger partial charge in [-0.3, -0.25) is 4.79 Å². The number of carbonyl (C=O) groups excluding carboxylic acids is 1. The lowest BCUT2D eigenvalue weighted by molar-refractivity contribution is -0.116. The fraction of sp³-hybridized carbons (Fsp3) is 0.417. The Morgan fingerprint density at radius 2 is 2.35 bits per heavy atom. The van der Waals surface area contributed by atoms with E-state index in [0.29, 0.717) is 24.1 Å². The molecule has 1 fully saturated rings. The van der Waals surface area contributed by atoms with Crippen molar-refractivity contribution in [1.82, 2.24) is 0 Å². The van der Waals surface area contributed by atoms with Crippen LogP contribution in [0.3, 0.4) is 0 Å². The minimum atomic E-state index is 0.168. The maximum Gasteiger partial charge on any atom is 0.237 e. The molecule has 0 spiro atoms. The molecule has 17 heavy (non-hydrogen) atoms. The smallest absolute Gasteiger partial charge is 0.237 e. The fourth-order valence-electron chi connectivity index (χ4n) is 1.81. The maximum atomic E-state index is 11.9. The Bertz CT molecular complexity index is 439. The van der Waals surface area contributed by atoms with Crippen LogP contribution in [0.5, 0.6) is 0 Å². The van der Waals surface area contributed by atoms with Gasteiger partial charge in [-0.25, -0.2) is 0 Å². The van der Waals surface area contributed by atoms with Crippen LogP contribution in [0.1, 0.15) is 5.56 Å². The molecule has 5 heteroatoms. The normalized spacial score (nSPS) is 20.8. The van der Waals surface area contributed by atoms with Gasteiger partial charge in [-0.2, -0.15) is 0 Å². The Morgan fingerprint density at radius 3 is 3.00 bits per heavy atom. The van der Waals surface area contributed by atoms with Crippen LogP contribution in [0.4, 0.5) is 5.69 Å². The molecule has 0 aliphatic carbocycles. The minimum absolute atomic E-state index is 0.168. The summed E-state index contributed by atoms with van der Waals surface area (Å²) in [4.78, 5) is 13.7. The Kier molecular flexibility index (Phi) is 4.12. The maximum absolute atomic E-state index is 11.9. The monoisotopic (exact) mass is 314 g/mol. The third-order valence-electron chi connectivity index (χ3n) is 2.85. The van der Waals surface area contributed by atoms with Gasteiger partial charge in [0.2, 0.25) is 5.91 Å². The number of halogens is 1. The summed E-state index contributed by atoms with van der Waals surface area (Å²) in [5.74, 6) is 0.693. The molecule has 0 bridgehead atoms. The van der Waals surface area contributed by atoms with Gasteiger partial charge in [0.1, 0.15) is 0 Å². The van der Waals surface area contributed by atoms with Crippen LogP contribution in [0.15, 0.2) is 22.7 Å². The number of aryl methyl sites for hydroxylation is 1. The van der Waals surface area contributed by atoms with Crippen molar-refractivity contribution in [3.05, 3.63) is 28.2 Å². The Hall–Kier alpha value is -0.520. The van der Waals surface area contributed by atoms with E-state index in [4.69, 9.17) is 5.73 Å². The van der Waals surface area contributed by atoms with Gasteiger partial charge in [-0.15, -0.1) is 11.8 Å². The molecule has 0 aromatic heterocycles. The second kappa shape index (κ2) is 5.42. The molecule has 92 valence electrons. The first-order valence-electron chi connectivity index (χ1n) is 5.50. The van der Waals surface area contributed by atoms with Crippen LogP contribution < -0.4 is 10.6 Å². The summed E-state index contributed by atoms with van der Waals surface area (Å²) < 4.78 is 1.07. The molecule has 0 radical (unpaired) electrons. The van der Waals surface area contributed by atoms with E-state index in [-0.39, 0.29) is 5.91 Å². The van der Waals surface area contributed by atoms with E-state index in [2.05, 4.69) is 15.9 Å².